The highest BCUT2D eigenvalue weighted by Gasteiger charge is 2.41. The van der Waals surface area contributed by atoms with Gasteiger partial charge < -0.3 is 5.11 Å². The molecule has 0 aliphatic heterocycles. The maximum absolute atomic E-state index is 10.4. The quantitative estimate of drug-likeness (QED) is 0.760. The van der Waals surface area contributed by atoms with Crippen LogP contribution in [-0.2, 0) is 5.60 Å². The Morgan fingerprint density at radius 2 is 1.93 bits per heavy atom. The number of benzene rings is 1. The van der Waals surface area contributed by atoms with Gasteiger partial charge in [0.25, 0.3) is 0 Å². The third-order valence-corrected chi connectivity index (χ3v) is 3.30. The van der Waals surface area contributed by atoms with E-state index in [0.717, 1.165) is 5.56 Å². The van der Waals surface area contributed by atoms with Crippen LogP contribution in [0.4, 0.5) is 0 Å². The first-order chi connectivity index (χ1) is 6.51. The minimum absolute atomic E-state index is 0.476. The summed E-state index contributed by atoms with van der Waals surface area (Å²) in [4.78, 5) is 0. The van der Waals surface area contributed by atoms with Crippen LogP contribution in [0.1, 0.15) is 36.5 Å². The Morgan fingerprint density at radius 1 is 1.29 bits per heavy atom. The van der Waals surface area contributed by atoms with Gasteiger partial charge in [0.2, 0.25) is 0 Å². The number of hydrogen-bond acceptors (Lipinski definition) is 1. The Kier molecular flexibility index (Phi) is 2.15. The standard InChI is InChI=1S/C13H18O/c1-9-4-7-12(10(2)8-9)13(3,14)11-5-6-11/h4,7-8,11,14H,5-6H2,1-3H3/t13-/m1/s1. The molecule has 1 heteroatoms. The van der Waals surface area contributed by atoms with Crippen molar-refractivity contribution in [1.29, 1.82) is 0 Å². The molecule has 1 aromatic rings. The van der Waals surface area contributed by atoms with E-state index in [1.807, 2.05) is 6.92 Å². The predicted octanol–water partition coefficient (Wildman–Crippen LogP) is 2.92. The molecular formula is C13H18O. The average molecular weight is 190 g/mol. The molecule has 0 bridgehead atoms. The third-order valence-electron chi connectivity index (χ3n) is 3.30. The lowest BCUT2D eigenvalue weighted by molar-refractivity contribution is 0.0324. The van der Waals surface area contributed by atoms with Gasteiger partial charge in [-0.15, -0.1) is 0 Å². The van der Waals surface area contributed by atoms with Crippen LogP contribution in [0.5, 0.6) is 0 Å². The van der Waals surface area contributed by atoms with Gasteiger partial charge >= 0.3 is 0 Å². The lowest BCUT2D eigenvalue weighted by Gasteiger charge is -2.25. The van der Waals surface area contributed by atoms with Crippen LogP contribution >= 0.6 is 0 Å². The maximum atomic E-state index is 10.4. The lowest BCUT2D eigenvalue weighted by atomic mass is 9.87. The summed E-state index contributed by atoms with van der Waals surface area (Å²) in [6, 6.07) is 6.30. The van der Waals surface area contributed by atoms with Crippen molar-refractivity contribution in [1.82, 2.24) is 0 Å². The fourth-order valence-electron chi connectivity index (χ4n) is 2.25. The molecule has 0 unspecified atom stereocenters. The average Bonchev–Trinajstić information content (AvgIpc) is 2.84. The second kappa shape index (κ2) is 3.09. The highest BCUT2D eigenvalue weighted by Crippen LogP contribution is 2.46. The van der Waals surface area contributed by atoms with Crippen LogP contribution < -0.4 is 0 Å². The summed E-state index contributed by atoms with van der Waals surface area (Å²) in [5, 5.41) is 10.4. The first-order valence-corrected chi connectivity index (χ1v) is 5.32. The monoisotopic (exact) mass is 190 g/mol. The lowest BCUT2D eigenvalue weighted by Crippen LogP contribution is -2.24. The van der Waals surface area contributed by atoms with E-state index in [1.54, 1.807) is 0 Å². The smallest absolute Gasteiger partial charge is 0.0899 e. The SMILES string of the molecule is Cc1ccc([C@](C)(O)C2CC2)c(C)c1. The van der Waals surface area contributed by atoms with Crippen molar-refractivity contribution in [2.24, 2.45) is 5.92 Å². The second-order valence-corrected chi connectivity index (χ2v) is 4.74. The van der Waals surface area contributed by atoms with Gasteiger partial charge in [0, 0.05) is 0 Å². The van der Waals surface area contributed by atoms with E-state index in [9.17, 15) is 5.11 Å². The van der Waals surface area contributed by atoms with Crippen LogP contribution in [0.25, 0.3) is 0 Å². The molecule has 1 aliphatic carbocycles. The van der Waals surface area contributed by atoms with Crippen molar-refractivity contribution < 1.29 is 5.11 Å². The Labute approximate surface area is 85.8 Å². The van der Waals surface area contributed by atoms with Crippen LogP contribution in [0.3, 0.4) is 0 Å². The summed E-state index contributed by atoms with van der Waals surface area (Å²) in [5.74, 6) is 0.476. The number of rotatable bonds is 2. The Balaban J connectivity index is 2.40. The van der Waals surface area contributed by atoms with Crippen molar-refractivity contribution in [2.45, 2.75) is 39.2 Å². The summed E-state index contributed by atoms with van der Waals surface area (Å²) in [5.41, 5.74) is 2.96. The van der Waals surface area contributed by atoms with E-state index < -0.39 is 5.60 Å². The topological polar surface area (TPSA) is 20.2 Å². The van der Waals surface area contributed by atoms with Gasteiger partial charge in [-0.3, -0.25) is 0 Å². The summed E-state index contributed by atoms with van der Waals surface area (Å²) < 4.78 is 0. The molecule has 1 N–H and O–H groups in total. The van der Waals surface area contributed by atoms with Crippen LogP contribution in [-0.4, -0.2) is 5.11 Å². The largest absolute Gasteiger partial charge is 0.385 e. The normalized spacial score (nSPS) is 20.6. The van der Waals surface area contributed by atoms with Crippen molar-refractivity contribution >= 4 is 0 Å². The molecule has 0 aromatic heterocycles. The van der Waals surface area contributed by atoms with E-state index in [1.165, 1.54) is 24.0 Å². The van der Waals surface area contributed by atoms with Gasteiger partial charge in [-0.25, -0.2) is 0 Å². The first kappa shape index (κ1) is 9.72. The van der Waals surface area contributed by atoms with E-state index >= 15 is 0 Å². The van der Waals surface area contributed by atoms with Crippen molar-refractivity contribution in [3.63, 3.8) is 0 Å². The minimum atomic E-state index is -0.613. The number of aliphatic hydroxyl groups is 1. The molecule has 14 heavy (non-hydrogen) atoms. The van der Waals surface area contributed by atoms with Crippen molar-refractivity contribution in [3.05, 3.63) is 34.9 Å². The molecule has 1 aromatic carbocycles. The van der Waals surface area contributed by atoms with Crippen LogP contribution in [0.2, 0.25) is 0 Å². The summed E-state index contributed by atoms with van der Waals surface area (Å²) in [7, 11) is 0. The molecule has 2 rings (SSSR count). The molecule has 1 saturated carbocycles. The number of aryl methyl sites for hydroxylation is 2. The molecule has 1 atom stereocenters. The number of hydrogen-bond donors (Lipinski definition) is 1. The fraction of sp³-hybridized carbons (Fsp3) is 0.538. The highest BCUT2D eigenvalue weighted by atomic mass is 16.3. The highest BCUT2D eigenvalue weighted by molar-refractivity contribution is 5.35. The second-order valence-electron chi connectivity index (χ2n) is 4.74. The fourth-order valence-corrected chi connectivity index (χ4v) is 2.25. The molecule has 76 valence electrons. The zero-order chi connectivity index (χ0) is 10.3. The molecule has 1 fully saturated rings. The van der Waals surface area contributed by atoms with Gasteiger partial charge in [0.05, 0.1) is 5.60 Å². The molecule has 1 aliphatic rings. The van der Waals surface area contributed by atoms with E-state index in [-0.39, 0.29) is 0 Å². The Hall–Kier alpha value is -0.820. The van der Waals surface area contributed by atoms with Crippen LogP contribution in [0, 0.1) is 19.8 Å². The van der Waals surface area contributed by atoms with Gasteiger partial charge in [0.1, 0.15) is 0 Å². The molecule has 0 spiro atoms. The third kappa shape index (κ3) is 1.57. The van der Waals surface area contributed by atoms with Crippen molar-refractivity contribution in [2.75, 3.05) is 0 Å². The van der Waals surface area contributed by atoms with Crippen molar-refractivity contribution in [3.8, 4) is 0 Å². The van der Waals surface area contributed by atoms with E-state index in [0.29, 0.717) is 5.92 Å². The van der Waals surface area contributed by atoms with Gasteiger partial charge in [0.15, 0.2) is 0 Å². The molecule has 0 radical (unpaired) electrons. The molecule has 0 heterocycles. The first-order valence-electron chi connectivity index (χ1n) is 5.32. The minimum Gasteiger partial charge on any atom is -0.385 e. The van der Waals surface area contributed by atoms with E-state index in [2.05, 4.69) is 32.0 Å². The van der Waals surface area contributed by atoms with Gasteiger partial charge in [-0.1, -0.05) is 23.8 Å². The zero-order valence-corrected chi connectivity index (χ0v) is 9.17. The predicted molar refractivity (Wildman–Crippen MR) is 58.2 cm³/mol. The summed E-state index contributed by atoms with van der Waals surface area (Å²) in [6.45, 7) is 6.12. The molecule has 0 amide bonds. The summed E-state index contributed by atoms with van der Waals surface area (Å²) >= 11 is 0. The van der Waals surface area contributed by atoms with Crippen LogP contribution in [0.15, 0.2) is 18.2 Å². The molecule has 0 saturated heterocycles. The van der Waals surface area contributed by atoms with E-state index in [4.69, 9.17) is 0 Å². The Morgan fingerprint density at radius 3 is 2.43 bits per heavy atom. The molecule has 1 nitrogen and oxygen atoms in total. The molecular weight excluding hydrogens is 172 g/mol. The zero-order valence-electron chi connectivity index (χ0n) is 9.17. The van der Waals surface area contributed by atoms with Gasteiger partial charge in [-0.2, -0.15) is 0 Å². The Bertz CT molecular complexity index is 348. The summed E-state index contributed by atoms with van der Waals surface area (Å²) in [6.07, 6.45) is 2.33. The van der Waals surface area contributed by atoms with Gasteiger partial charge in [-0.05, 0) is 50.7 Å². The maximum Gasteiger partial charge on any atom is 0.0899 e.